The maximum absolute atomic E-state index is 12.1. The number of carbonyl (C=O) groups excluding carboxylic acids is 1. The third kappa shape index (κ3) is 5.56. The van der Waals surface area contributed by atoms with Crippen molar-refractivity contribution in [2.75, 3.05) is 30.9 Å². The number of nitriles is 1. The van der Waals surface area contributed by atoms with Crippen molar-refractivity contribution in [3.05, 3.63) is 65.9 Å². The number of hydrogen-bond acceptors (Lipinski definition) is 5. The van der Waals surface area contributed by atoms with E-state index in [1.54, 1.807) is 24.3 Å². The van der Waals surface area contributed by atoms with Gasteiger partial charge in [0.05, 0.1) is 0 Å². The van der Waals surface area contributed by atoms with Gasteiger partial charge in [0.2, 0.25) is 0 Å². The Morgan fingerprint density at radius 3 is 2.62 bits per heavy atom. The minimum absolute atomic E-state index is 0.00552. The number of phenols is 1. The number of aromatic hydroxyl groups is 1. The number of amides is 1. The zero-order valence-electron chi connectivity index (χ0n) is 14.9. The van der Waals surface area contributed by atoms with Crippen LogP contribution in [0.2, 0.25) is 0 Å². The van der Waals surface area contributed by atoms with E-state index in [0.29, 0.717) is 13.0 Å². The van der Waals surface area contributed by atoms with Gasteiger partial charge in [-0.15, -0.1) is 0 Å². The van der Waals surface area contributed by atoms with E-state index in [-0.39, 0.29) is 11.3 Å². The van der Waals surface area contributed by atoms with Crippen molar-refractivity contribution in [3.8, 4) is 11.8 Å². The van der Waals surface area contributed by atoms with Gasteiger partial charge in [-0.05, 0) is 42.3 Å². The Balaban J connectivity index is 1.91. The second kappa shape index (κ2) is 9.14. The summed E-state index contributed by atoms with van der Waals surface area (Å²) in [7, 11) is 3.88. The molecule has 0 saturated heterocycles. The molecule has 0 aliphatic rings. The molecule has 134 valence electrons. The molecule has 0 saturated carbocycles. The van der Waals surface area contributed by atoms with Gasteiger partial charge in [-0.3, -0.25) is 4.79 Å². The third-order valence-electron chi connectivity index (χ3n) is 3.75. The monoisotopic (exact) mass is 350 g/mol. The molecule has 0 radical (unpaired) electrons. The number of rotatable bonds is 7. The van der Waals surface area contributed by atoms with Gasteiger partial charge in [0.1, 0.15) is 17.4 Å². The fraction of sp³-hybridized carbons (Fsp3) is 0.200. The molecule has 0 aliphatic heterocycles. The summed E-state index contributed by atoms with van der Waals surface area (Å²) in [6, 6.07) is 16.4. The number of nitrogens with one attached hydrogen (secondary N) is 2. The van der Waals surface area contributed by atoms with Crippen molar-refractivity contribution >= 4 is 17.3 Å². The first kappa shape index (κ1) is 18.9. The lowest BCUT2D eigenvalue weighted by Crippen LogP contribution is -2.27. The molecule has 3 N–H and O–H groups in total. The van der Waals surface area contributed by atoms with Gasteiger partial charge in [-0.2, -0.15) is 5.26 Å². The van der Waals surface area contributed by atoms with Crippen LogP contribution in [-0.4, -0.2) is 31.7 Å². The molecule has 0 aromatic heterocycles. The maximum atomic E-state index is 12.1. The summed E-state index contributed by atoms with van der Waals surface area (Å²) in [5, 5.41) is 24.2. The zero-order valence-corrected chi connectivity index (χ0v) is 14.9. The molecule has 0 spiro atoms. The van der Waals surface area contributed by atoms with Crippen LogP contribution in [0.4, 0.5) is 11.4 Å². The molecule has 2 aromatic carbocycles. The lowest BCUT2D eigenvalue weighted by Gasteiger charge is -2.13. The highest BCUT2D eigenvalue weighted by Crippen LogP contribution is 2.17. The van der Waals surface area contributed by atoms with Crippen LogP contribution in [0, 0.1) is 11.3 Å². The minimum atomic E-state index is -0.428. The van der Waals surface area contributed by atoms with E-state index in [9.17, 15) is 15.2 Å². The first-order valence-electron chi connectivity index (χ1n) is 8.20. The van der Waals surface area contributed by atoms with Crippen LogP contribution in [0.25, 0.3) is 0 Å². The molecule has 6 heteroatoms. The molecular formula is C20H22N4O2. The second-order valence-corrected chi connectivity index (χ2v) is 5.93. The Hall–Kier alpha value is -3.46. The predicted molar refractivity (Wildman–Crippen MR) is 103 cm³/mol. The fourth-order valence-corrected chi connectivity index (χ4v) is 2.26. The first-order chi connectivity index (χ1) is 12.5. The van der Waals surface area contributed by atoms with Crippen LogP contribution in [0.3, 0.4) is 0 Å². The smallest absolute Gasteiger partial charge is 0.263 e. The molecule has 0 bridgehead atoms. The van der Waals surface area contributed by atoms with Crippen LogP contribution in [0.15, 0.2) is 60.3 Å². The Bertz CT molecular complexity index is 820. The summed E-state index contributed by atoms with van der Waals surface area (Å²) in [5.74, 6) is -0.223. The molecule has 0 aliphatic carbocycles. The molecule has 0 heterocycles. The highest BCUT2D eigenvalue weighted by atomic mass is 16.3. The average molecular weight is 350 g/mol. The summed E-state index contributed by atoms with van der Waals surface area (Å²) in [4.78, 5) is 14.1. The van der Waals surface area contributed by atoms with Gasteiger partial charge in [0, 0.05) is 38.2 Å². The molecule has 0 fully saturated rings. The summed E-state index contributed by atoms with van der Waals surface area (Å²) >= 11 is 0. The van der Waals surface area contributed by atoms with E-state index in [1.165, 1.54) is 6.20 Å². The van der Waals surface area contributed by atoms with Crippen molar-refractivity contribution in [2.24, 2.45) is 0 Å². The van der Waals surface area contributed by atoms with Crippen LogP contribution in [0.1, 0.15) is 5.56 Å². The van der Waals surface area contributed by atoms with Crippen LogP contribution >= 0.6 is 0 Å². The predicted octanol–water partition coefficient (Wildman–Crippen LogP) is 2.64. The van der Waals surface area contributed by atoms with Crippen molar-refractivity contribution in [1.29, 1.82) is 5.26 Å². The van der Waals surface area contributed by atoms with Crippen molar-refractivity contribution in [2.45, 2.75) is 6.42 Å². The maximum Gasteiger partial charge on any atom is 0.263 e. The van der Waals surface area contributed by atoms with Gasteiger partial charge in [-0.25, -0.2) is 0 Å². The van der Waals surface area contributed by atoms with Crippen molar-refractivity contribution < 1.29 is 9.90 Å². The Morgan fingerprint density at radius 2 is 1.96 bits per heavy atom. The molecule has 0 atom stereocenters. The van der Waals surface area contributed by atoms with Gasteiger partial charge in [0.15, 0.2) is 0 Å². The highest BCUT2D eigenvalue weighted by Gasteiger charge is 2.08. The van der Waals surface area contributed by atoms with E-state index < -0.39 is 5.91 Å². The molecule has 26 heavy (non-hydrogen) atoms. The normalized spacial score (nSPS) is 10.7. The van der Waals surface area contributed by atoms with E-state index in [1.807, 2.05) is 49.3 Å². The number of nitrogens with zero attached hydrogens (tertiary/aromatic N) is 2. The molecule has 2 rings (SSSR count). The second-order valence-electron chi connectivity index (χ2n) is 5.93. The van der Waals surface area contributed by atoms with E-state index in [0.717, 1.165) is 16.9 Å². The molecule has 1 amide bonds. The van der Waals surface area contributed by atoms with Crippen molar-refractivity contribution in [3.63, 3.8) is 0 Å². The Labute approximate surface area is 153 Å². The standard InChI is InChI=1S/C20H22N4O2/c1-24(2)18-5-3-4-17(12-18)23-14-16(13-21)20(26)22-11-10-15-6-8-19(25)9-7-15/h3-9,12,14,23,25H,10-11H2,1-2H3,(H,22,26)/b16-14-. The van der Waals surface area contributed by atoms with E-state index >= 15 is 0 Å². The Kier molecular flexibility index (Phi) is 6.63. The summed E-state index contributed by atoms with van der Waals surface area (Å²) in [6.45, 7) is 0.402. The third-order valence-corrected chi connectivity index (χ3v) is 3.75. The summed E-state index contributed by atoms with van der Waals surface area (Å²) in [6.07, 6.45) is 2.02. The van der Waals surface area contributed by atoms with Crippen LogP contribution < -0.4 is 15.5 Å². The van der Waals surface area contributed by atoms with Gasteiger partial charge in [-0.1, -0.05) is 18.2 Å². The highest BCUT2D eigenvalue weighted by molar-refractivity contribution is 5.97. The summed E-state index contributed by atoms with van der Waals surface area (Å²) < 4.78 is 0. The first-order valence-corrected chi connectivity index (χ1v) is 8.20. The van der Waals surface area contributed by atoms with E-state index in [4.69, 9.17) is 0 Å². The lowest BCUT2D eigenvalue weighted by molar-refractivity contribution is -0.117. The minimum Gasteiger partial charge on any atom is -0.508 e. The number of phenolic OH excluding ortho intramolecular Hbond substituents is 1. The average Bonchev–Trinajstić information content (AvgIpc) is 2.64. The van der Waals surface area contributed by atoms with Gasteiger partial charge >= 0.3 is 0 Å². The summed E-state index contributed by atoms with van der Waals surface area (Å²) in [5.41, 5.74) is 2.80. The molecule has 6 nitrogen and oxygen atoms in total. The number of benzene rings is 2. The number of carbonyl (C=O) groups is 1. The number of anilines is 2. The lowest BCUT2D eigenvalue weighted by atomic mass is 10.1. The van der Waals surface area contributed by atoms with Gasteiger partial charge in [0.25, 0.3) is 5.91 Å². The van der Waals surface area contributed by atoms with Crippen molar-refractivity contribution in [1.82, 2.24) is 5.32 Å². The van der Waals surface area contributed by atoms with E-state index in [2.05, 4.69) is 10.6 Å². The molecule has 2 aromatic rings. The number of hydrogen-bond donors (Lipinski definition) is 3. The fourth-order valence-electron chi connectivity index (χ4n) is 2.26. The Morgan fingerprint density at radius 1 is 1.23 bits per heavy atom. The largest absolute Gasteiger partial charge is 0.508 e. The van der Waals surface area contributed by atoms with Gasteiger partial charge < -0.3 is 20.6 Å². The molecule has 0 unspecified atom stereocenters. The molecular weight excluding hydrogens is 328 g/mol. The quantitative estimate of drug-likeness (QED) is 0.528. The van der Waals surface area contributed by atoms with Crippen LogP contribution in [0.5, 0.6) is 5.75 Å². The zero-order chi connectivity index (χ0) is 18.9. The topological polar surface area (TPSA) is 88.4 Å². The van der Waals surface area contributed by atoms with Crippen LogP contribution in [-0.2, 0) is 11.2 Å². The SMILES string of the molecule is CN(C)c1cccc(N/C=C(/C#N)C(=O)NCCc2ccc(O)cc2)c1.